The van der Waals surface area contributed by atoms with Crippen LogP contribution in [0.1, 0.15) is 43.5 Å². The van der Waals surface area contributed by atoms with Crippen LogP contribution in [0.4, 0.5) is 0 Å². The second-order valence-corrected chi connectivity index (χ2v) is 12.5. The zero-order chi connectivity index (χ0) is 31.5. The molecule has 2 atom stereocenters. The predicted molar refractivity (Wildman–Crippen MR) is 183 cm³/mol. The molecular weight excluding hydrogens is 568 g/mol. The van der Waals surface area contributed by atoms with Gasteiger partial charge in [0.1, 0.15) is 6.17 Å². The number of fused-ring (bicyclic) bond motifs is 1. The van der Waals surface area contributed by atoms with Gasteiger partial charge in [0, 0.05) is 24.9 Å². The number of aromatic amines is 1. The van der Waals surface area contributed by atoms with Gasteiger partial charge in [-0.1, -0.05) is 123 Å². The van der Waals surface area contributed by atoms with Crippen molar-refractivity contribution in [2.75, 3.05) is 13.2 Å². The number of aromatic nitrogens is 4. The lowest BCUT2D eigenvalue weighted by Gasteiger charge is -2.41. The van der Waals surface area contributed by atoms with Crippen LogP contribution in [0.2, 0.25) is 0 Å². The van der Waals surface area contributed by atoms with Crippen molar-refractivity contribution >= 4 is 5.84 Å². The van der Waals surface area contributed by atoms with E-state index in [-0.39, 0.29) is 12.2 Å². The Morgan fingerprint density at radius 2 is 1.48 bits per heavy atom. The maximum absolute atomic E-state index is 5.40. The van der Waals surface area contributed by atoms with Crippen LogP contribution in [0, 0.1) is 5.92 Å². The lowest BCUT2D eigenvalue weighted by atomic mass is 9.98. The first-order valence-corrected chi connectivity index (χ1v) is 16.1. The molecule has 3 heterocycles. The van der Waals surface area contributed by atoms with Crippen molar-refractivity contribution < 1.29 is 0 Å². The summed E-state index contributed by atoms with van der Waals surface area (Å²) < 4.78 is 0. The van der Waals surface area contributed by atoms with Crippen LogP contribution in [0.5, 0.6) is 0 Å². The summed E-state index contributed by atoms with van der Waals surface area (Å²) in [6.07, 6.45) is 3.39. The van der Waals surface area contributed by atoms with Crippen molar-refractivity contribution in [2.45, 2.75) is 45.9 Å². The molecule has 0 amide bonds. The third-order valence-corrected chi connectivity index (χ3v) is 9.05. The molecule has 1 aromatic heterocycles. The van der Waals surface area contributed by atoms with E-state index in [9.17, 15) is 0 Å². The molecule has 1 N–H and O–H groups in total. The summed E-state index contributed by atoms with van der Waals surface area (Å²) in [4.78, 5) is 12.9. The number of H-pyrrole nitrogens is 1. The first-order valence-electron chi connectivity index (χ1n) is 16.1. The topological polar surface area (TPSA) is 76.5 Å². The average molecular weight is 609 g/mol. The Bertz CT molecular complexity index is 1800. The second-order valence-electron chi connectivity index (χ2n) is 12.5. The summed E-state index contributed by atoms with van der Waals surface area (Å²) in [7, 11) is 0. The molecule has 2 aliphatic heterocycles. The van der Waals surface area contributed by atoms with Gasteiger partial charge in [0.25, 0.3) is 0 Å². The van der Waals surface area contributed by atoms with Gasteiger partial charge in [-0.2, -0.15) is 5.21 Å². The van der Waals surface area contributed by atoms with Gasteiger partial charge >= 0.3 is 0 Å². The van der Waals surface area contributed by atoms with Crippen molar-refractivity contribution in [3.63, 3.8) is 0 Å². The van der Waals surface area contributed by atoms with Crippen molar-refractivity contribution in [1.82, 2.24) is 35.3 Å². The number of amidine groups is 1. The molecule has 8 heteroatoms. The third-order valence-electron chi connectivity index (χ3n) is 9.05. The molecule has 0 fully saturated rings. The number of tetrazole rings is 1. The van der Waals surface area contributed by atoms with Gasteiger partial charge in [-0.3, -0.25) is 0 Å². The molecule has 46 heavy (non-hydrogen) atoms. The Kier molecular flexibility index (Phi) is 8.33. The van der Waals surface area contributed by atoms with E-state index in [0.29, 0.717) is 11.7 Å². The standard InChI is InChI=1S/C38H40N8/c1-27(2)37-39-38-35(25-45(28(3)31-14-8-5-9-15-31)26-44(38)23-22-29-12-6-4-7-13-29)46(37)24-30-18-20-32(21-19-30)33-16-10-11-17-34(33)36-40-42-43-41-36/h4-21,25,27-28,37H,22-24,26H2,1-3H3,(H,40,41,42,43). The zero-order valence-corrected chi connectivity index (χ0v) is 26.7. The minimum absolute atomic E-state index is 0.0612. The molecule has 4 aromatic carbocycles. The highest BCUT2D eigenvalue weighted by Gasteiger charge is 2.39. The average Bonchev–Trinajstić information content (AvgIpc) is 3.77. The number of rotatable bonds is 10. The summed E-state index contributed by atoms with van der Waals surface area (Å²) >= 11 is 0. The Hall–Kier alpha value is -5.24. The van der Waals surface area contributed by atoms with Crippen molar-refractivity contribution in [3.8, 4) is 22.5 Å². The molecule has 0 spiro atoms. The molecule has 0 saturated heterocycles. The van der Waals surface area contributed by atoms with E-state index >= 15 is 0 Å². The number of hydrogen-bond acceptors (Lipinski definition) is 7. The van der Waals surface area contributed by atoms with E-state index in [1.54, 1.807) is 0 Å². The third kappa shape index (κ3) is 6.03. The van der Waals surface area contributed by atoms with Crippen LogP contribution in [0.3, 0.4) is 0 Å². The highest BCUT2D eigenvalue weighted by molar-refractivity contribution is 6.00. The minimum atomic E-state index is 0.0612. The maximum atomic E-state index is 5.40. The Labute approximate surface area is 271 Å². The zero-order valence-electron chi connectivity index (χ0n) is 26.7. The van der Waals surface area contributed by atoms with E-state index in [4.69, 9.17) is 4.99 Å². The molecular formula is C38H40N8. The SMILES string of the molecule is CC(C)C1N=C2C(=CN(C(C)c3ccccc3)CN2CCc2ccccc2)N1Cc1ccc(-c2ccccc2-c2nn[nH]n2)cc1. The fraction of sp³-hybridized carbons (Fsp3) is 0.263. The molecule has 0 radical (unpaired) electrons. The Morgan fingerprint density at radius 3 is 2.17 bits per heavy atom. The van der Waals surface area contributed by atoms with Gasteiger partial charge in [0.2, 0.25) is 5.82 Å². The molecule has 2 aliphatic rings. The van der Waals surface area contributed by atoms with E-state index in [1.165, 1.54) is 22.4 Å². The Morgan fingerprint density at radius 1 is 0.783 bits per heavy atom. The number of hydrogen-bond donors (Lipinski definition) is 1. The normalized spacial score (nSPS) is 16.8. The lowest BCUT2D eigenvalue weighted by molar-refractivity contribution is 0.176. The highest BCUT2D eigenvalue weighted by atomic mass is 15.5. The summed E-state index contributed by atoms with van der Waals surface area (Å²) in [5.41, 5.74) is 8.26. The van der Waals surface area contributed by atoms with Crippen LogP contribution in [-0.2, 0) is 13.0 Å². The number of nitrogens with zero attached hydrogens (tertiary/aromatic N) is 7. The van der Waals surface area contributed by atoms with Gasteiger partial charge in [-0.15, -0.1) is 10.2 Å². The van der Waals surface area contributed by atoms with Gasteiger partial charge in [-0.05, 0) is 52.3 Å². The molecule has 0 saturated carbocycles. The van der Waals surface area contributed by atoms with E-state index < -0.39 is 0 Å². The fourth-order valence-corrected chi connectivity index (χ4v) is 6.49. The minimum Gasteiger partial charge on any atom is -0.351 e. The van der Waals surface area contributed by atoms with Crippen LogP contribution in [0.15, 0.2) is 126 Å². The van der Waals surface area contributed by atoms with Crippen LogP contribution in [-0.4, -0.2) is 60.5 Å². The Balaban J connectivity index is 1.18. The smallest absolute Gasteiger partial charge is 0.205 e. The van der Waals surface area contributed by atoms with Crippen LogP contribution < -0.4 is 0 Å². The van der Waals surface area contributed by atoms with Gasteiger partial charge in [0.15, 0.2) is 5.84 Å². The van der Waals surface area contributed by atoms with Crippen LogP contribution >= 0.6 is 0 Å². The molecule has 8 nitrogen and oxygen atoms in total. The van der Waals surface area contributed by atoms with Gasteiger partial charge in [-0.25, -0.2) is 4.99 Å². The summed E-state index contributed by atoms with van der Waals surface area (Å²) in [5, 5.41) is 14.8. The van der Waals surface area contributed by atoms with E-state index in [2.05, 4.69) is 153 Å². The highest BCUT2D eigenvalue weighted by Crippen LogP contribution is 2.36. The molecule has 2 unspecified atom stereocenters. The number of aliphatic imine (C=N–C) groups is 1. The van der Waals surface area contributed by atoms with Gasteiger partial charge in [0.05, 0.1) is 18.4 Å². The van der Waals surface area contributed by atoms with Crippen molar-refractivity contribution in [3.05, 3.63) is 138 Å². The van der Waals surface area contributed by atoms with Crippen LogP contribution in [0.25, 0.3) is 22.5 Å². The van der Waals surface area contributed by atoms with E-state index in [0.717, 1.165) is 48.7 Å². The molecule has 232 valence electrons. The summed E-state index contributed by atoms with van der Waals surface area (Å²) in [5.74, 6) is 2.06. The predicted octanol–water partition coefficient (Wildman–Crippen LogP) is 7.15. The summed E-state index contributed by atoms with van der Waals surface area (Å²) in [6.45, 7) is 9.33. The fourth-order valence-electron chi connectivity index (χ4n) is 6.49. The first-order chi connectivity index (χ1) is 22.5. The monoisotopic (exact) mass is 608 g/mol. The van der Waals surface area contributed by atoms with Crippen molar-refractivity contribution in [2.24, 2.45) is 10.9 Å². The molecule has 0 aliphatic carbocycles. The van der Waals surface area contributed by atoms with Gasteiger partial charge < -0.3 is 14.7 Å². The largest absolute Gasteiger partial charge is 0.351 e. The lowest BCUT2D eigenvalue weighted by Crippen LogP contribution is -2.47. The quantitative estimate of drug-likeness (QED) is 0.182. The first kappa shape index (κ1) is 29.5. The second kappa shape index (κ2) is 13.0. The summed E-state index contributed by atoms with van der Waals surface area (Å²) in [6, 6.07) is 38.8. The number of nitrogens with one attached hydrogen (secondary N) is 1. The van der Waals surface area contributed by atoms with Crippen molar-refractivity contribution in [1.29, 1.82) is 0 Å². The maximum Gasteiger partial charge on any atom is 0.205 e. The molecule has 5 aromatic rings. The molecule has 7 rings (SSSR count). The van der Waals surface area contributed by atoms with E-state index in [1.807, 2.05) is 18.2 Å². The molecule has 0 bridgehead atoms. The number of benzene rings is 4.